The average Bonchev–Trinajstić information content (AvgIpc) is 3.44. The summed E-state index contributed by atoms with van der Waals surface area (Å²) in [7, 11) is -4.68. The lowest BCUT2D eigenvalue weighted by molar-refractivity contribution is -0.685. The number of carbonyl (C=O) groups is 3. The van der Waals surface area contributed by atoms with Crippen molar-refractivity contribution in [3.8, 4) is 0 Å². The summed E-state index contributed by atoms with van der Waals surface area (Å²) in [5, 5.41) is 15.3. The van der Waals surface area contributed by atoms with Crippen molar-refractivity contribution in [2.45, 2.75) is 108 Å². The average molecular weight is 811 g/mol. The number of allylic oxidation sites excluding steroid dienone is 6. The zero-order valence-electron chi connectivity index (χ0n) is 30.9. The molecule has 0 radical (unpaired) electrons. The minimum absolute atomic E-state index is 0.135. The summed E-state index contributed by atoms with van der Waals surface area (Å²) in [6.07, 6.45) is 14.4. The molecule has 5 rings (SSSR count). The Labute approximate surface area is 320 Å². The van der Waals surface area contributed by atoms with Gasteiger partial charge in [0.25, 0.3) is 0 Å². The van der Waals surface area contributed by atoms with Crippen molar-refractivity contribution in [2.24, 2.45) is 4.99 Å². The van der Waals surface area contributed by atoms with Crippen molar-refractivity contribution in [1.29, 1.82) is 0 Å². The van der Waals surface area contributed by atoms with Gasteiger partial charge in [0, 0.05) is 42.7 Å². The Kier molecular flexibility index (Phi) is 12.1. The van der Waals surface area contributed by atoms with Crippen LogP contribution in [0.25, 0.3) is 0 Å². The molecule has 2 amide bonds. The van der Waals surface area contributed by atoms with Crippen LogP contribution >= 0.6 is 15.9 Å². The normalized spacial score (nSPS) is 23.4. The molecule has 2 bridgehead atoms. The van der Waals surface area contributed by atoms with Crippen molar-refractivity contribution in [3.63, 3.8) is 0 Å². The minimum atomic E-state index is -4.68. The first-order chi connectivity index (χ1) is 24.9. The van der Waals surface area contributed by atoms with E-state index < -0.39 is 33.0 Å². The topological polar surface area (TPSA) is 172 Å². The van der Waals surface area contributed by atoms with Gasteiger partial charge >= 0.3 is 11.8 Å². The van der Waals surface area contributed by atoms with E-state index in [4.69, 9.17) is 4.99 Å². The zero-order chi connectivity index (χ0) is 38.7. The second kappa shape index (κ2) is 16.1. The van der Waals surface area contributed by atoms with Crippen LogP contribution in [0.1, 0.15) is 89.3 Å². The van der Waals surface area contributed by atoms with Crippen LogP contribution in [0.4, 0.5) is 11.5 Å². The maximum atomic E-state index is 12.8. The molecule has 3 aliphatic heterocycles. The number of carboxylic acids is 1. The fourth-order valence-corrected chi connectivity index (χ4v) is 8.39. The molecule has 0 aliphatic carbocycles. The summed E-state index contributed by atoms with van der Waals surface area (Å²) in [6.45, 7) is 11.4. The smallest absolute Gasteiger partial charge is 0.327 e. The highest BCUT2D eigenvalue weighted by Gasteiger charge is 2.43. The summed E-state index contributed by atoms with van der Waals surface area (Å²) in [5.41, 5.74) is 3.95. The maximum absolute atomic E-state index is 12.8. The van der Waals surface area contributed by atoms with Crippen LogP contribution in [-0.4, -0.2) is 60.7 Å². The van der Waals surface area contributed by atoms with Gasteiger partial charge in [-0.2, -0.15) is 0 Å². The van der Waals surface area contributed by atoms with Gasteiger partial charge in [0.2, 0.25) is 11.8 Å². The number of aromatic nitrogens is 1. The predicted octanol–water partition coefficient (Wildman–Crippen LogP) is 5.54. The molecule has 3 N–H and O–H groups in total. The molecular weight excluding hydrogens is 762 g/mol. The van der Waals surface area contributed by atoms with Gasteiger partial charge in [0.1, 0.15) is 22.4 Å². The standard InChI is InChI=1S/C39H48BrN5O7S/c1-25-21-27(53(50,51)52)23-28-35(25)45-20-12-16-33(46)41-18-10-9-13-30(37(48)49)42-34(47)17-11-19-44-24-26(40)22-29-36(44)43-31(38(29,2)3)14-7-6-8-15-32(45)39(28,4)5/h6-8,14-15,21-24,30H,9-13,16-20H2,1-5H3,(H3-,41,42,46,47,48,49,50,51,52). The highest BCUT2D eigenvalue weighted by atomic mass is 79.9. The number of benzene rings is 1. The van der Waals surface area contributed by atoms with Crippen LogP contribution in [0.2, 0.25) is 0 Å². The van der Waals surface area contributed by atoms with Crippen LogP contribution in [0.15, 0.2) is 74.8 Å². The lowest BCUT2D eigenvalue weighted by atomic mass is 9.82. The monoisotopic (exact) mass is 809 g/mol. The van der Waals surface area contributed by atoms with Crippen LogP contribution in [0.5, 0.6) is 0 Å². The van der Waals surface area contributed by atoms with Gasteiger partial charge in [-0.1, -0.05) is 32.1 Å². The summed E-state index contributed by atoms with van der Waals surface area (Å²) in [4.78, 5) is 44.3. The highest BCUT2D eigenvalue weighted by molar-refractivity contribution is 9.10. The van der Waals surface area contributed by atoms with Crippen molar-refractivity contribution in [1.82, 2.24) is 10.6 Å². The van der Waals surface area contributed by atoms with E-state index in [1.807, 2.05) is 55.0 Å². The molecule has 53 heavy (non-hydrogen) atoms. The molecule has 1 unspecified atom stereocenters. The van der Waals surface area contributed by atoms with E-state index in [9.17, 15) is 32.5 Å². The maximum Gasteiger partial charge on any atom is 0.327 e. The molecule has 1 atom stereocenters. The molecule has 0 saturated heterocycles. The number of nitrogens with one attached hydrogen (secondary N) is 2. The lowest BCUT2D eigenvalue weighted by Gasteiger charge is -2.27. The predicted molar refractivity (Wildman–Crippen MR) is 205 cm³/mol. The van der Waals surface area contributed by atoms with Gasteiger partial charge in [-0.05, 0) is 115 Å². The Hall–Kier alpha value is -4.14. The number of anilines is 1. The number of halogens is 1. The molecule has 4 heterocycles. The highest BCUT2D eigenvalue weighted by Crippen LogP contribution is 2.50. The number of nitrogens with zero attached hydrogens (tertiary/aromatic N) is 3. The van der Waals surface area contributed by atoms with Gasteiger partial charge < -0.3 is 25.2 Å². The van der Waals surface area contributed by atoms with E-state index >= 15 is 0 Å². The number of hydrogen-bond acceptors (Lipinski definition) is 8. The molecular formula is C39H48BrN5O7S. The number of hydrogen-bond donors (Lipinski definition) is 3. The van der Waals surface area contributed by atoms with E-state index in [1.165, 1.54) is 12.1 Å². The van der Waals surface area contributed by atoms with Crippen LogP contribution in [0.3, 0.4) is 0 Å². The lowest BCUT2D eigenvalue weighted by Crippen LogP contribution is -2.41. The van der Waals surface area contributed by atoms with E-state index in [2.05, 4.69) is 51.4 Å². The molecule has 1 aromatic heterocycles. The van der Waals surface area contributed by atoms with Crippen LogP contribution in [0, 0.1) is 6.92 Å². The van der Waals surface area contributed by atoms with Gasteiger partial charge in [0.05, 0.1) is 26.9 Å². The third kappa shape index (κ3) is 8.98. The Balaban J connectivity index is 1.48. The first kappa shape index (κ1) is 40.1. The summed E-state index contributed by atoms with van der Waals surface area (Å²) < 4.78 is 39.1. The van der Waals surface area contributed by atoms with Crippen molar-refractivity contribution >= 4 is 61.0 Å². The number of pyridine rings is 1. The zero-order valence-corrected chi connectivity index (χ0v) is 33.3. The van der Waals surface area contributed by atoms with E-state index in [1.54, 1.807) is 6.92 Å². The van der Waals surface area contributed by atoms with Crippen molar-refractivity contribution in [3.05, 3.63) is 81.6 Å². The third-order valence-corrected chi connectivity index (χ3v) is 11.5. The van der Waals surface area contributed by atoms with Crippen molar-refractivity contribution in [2.75, 3.05) is 18.0 Å². The summed E-state index contributed by atoms with van der Waals surface area (Å²) >= 11 is 3.63. The molecule has 2 aromatic rings. The van der Waals surface area contributed by atoms with Crippen LogP contribution in [-0.2, 0) is 41.9 Å². The second-order valence-electron chi connectivity index (χ2n) is 14.9. The SMILES string of the molecule is Cc1cc(S(=O)(=O)[O-])cc2c1N1CCCC(=O)NCCCCC(C(=O)O)NC(=O)CCC[n+]3cc(Br)cc4c3N=C(/C=C/C=C/C=C/1C2(C)C)C4(C)C. The van der Waals surface area contributed by atoms with E-state index in [0.717, 1.165) is 38.5 Å². The molecule has 0 fully saturated rings. The van der Waals surface area contributed by atoms with Gasteiger partial charge in [-0.3, -0.25) is 9.59 Å². The first-order valence-corrected chi connectivity index (χ1v) is 20.2. The molecule has 1 aromatic carbocycles. The number of rotatable bonds is 2. The number of amides is 2. The van der Waals surface area contributed by atoms with Crippen molar-refractivity contribution < 1.29 is 37.0 Å². The van der Waals surface area contributed by atoms with Gasteiger partial charge in [-0.25, -0.2) is 17.8 Å². The second-order valence-corrected chi connectivity index (χ2v) is 17.2. The molecule has 12 nitrogen and oxygen atoms in total. The fourth-order valence-electron chi connectivity index (χ4n) is 7.33. The van der Waals surface area contributed by atoms with Gasteiger partial charge in [-0.15, -0.1) is 0 Å². The molecule has 14 heteroatoms. The largest absolute Gasteiger partial charge is 0.744 e. The van der Waals surface area contributed by atoms with E-state index in [0.29, 0.717) is 50.9 Å². The third-order valence-electron chi connectivity index (χ3n) is 10.2. The molecule has 0 spiro atoms. The molecule has 3 aliphatic rings. The van der Waals surface area contributed by atoms with E-state index in [-0.39, 0.29) is 36.0 Å². The Morgan fingerprint density at radius 3 is 2.45 bits per heavy atom. The fraction of sp³-hybridized carbons (Fsp3) is 0.462. The van der Waals surface area contributed by atoms with Gasteiger partial charge in [0.15, 0.2) is 5.71 Å². The molecule has 284 valence electrons. The Morgan fingerprint density at radius 2 is 1.74 bits per heavy atom. The summed E-state index contributed by atoms with van der Waals surface area (Å²) in [5.74, 6) is -0.754. The summed E-state index contributed by atoms with van der Waals surface area (Å²) in [6, 6.07) is 3.92. The number of carbonyl (C=O) groups excluding carboxylic acids is 2. The Morgan fingerprint density at radius 1 is 1.00 bits per heavy atom. The minimum Gasteiger partial charge on any atom is -0.744 e. The number of aliphatic carboxylic acids is 1. The number of carboxylic acid groups (broad SMARTS) is 1. The first-order valence-electron chi connectivity index (χ1n) is 18.0. The Bertz CT molecular complexity index is 2030. The number of aliphatic imine (C=N–C) groups is 1. The number of fused-ring (bicyclic) bond motifs is 3. The molecule has 0 saturated carbocycles. The number of aryl methyl sites for hydroxylation is 2. The quantitative estimate of drug-likeness (QED) is 0.262. The van der Waals surface area contributed by atoms with Crippen LogP contribution < -0.4 is 20.1 Å².